The van der Waals surface area contributed by atoms with Crippen molar-refractivity contribution in [2.45, 2.75) is 121 Å². The van der Waals surface area contributed by atoms with Gasteiger partial charge in [0.05, 0.1) is 29.1 Å². The summed E-state index contributed by atoms with van der Waals surface area (Å²) in [5, 5.41) is 11.6. The number of sulfonamides is 1. The van der Waals surface area contributed by atoms with Gasteiger partial charge in [-0.15, -0.1) is 0 Å². The maximum absolute atomic E-state index is 13.1. The van der Waals surface area contributed by atoms with Crippen LogP contribution in [0.4, 0.5) is 11.4 Å². The molecule has 0 spiro atoms. The summed E-state index contributed by atoms with van der Waals surface area (Å²) in [4.78, 5) is 36.8. The number of ether oxygens (including phenoxy) is 1. The number of Topliss-reactive ketones (excluding diaryl/α,β-unsaturated/α-hetero) is 1. The Balaban J connectivity index is 1.34. The quantitative estimate of drug-likeness (QED) is 0.0429. The van der Waals surface area contributed by atoms with Gasteiger partial charge in [0.2, 0.25) is 5.91 Å². The lowest BCUT2D eigenvalue weighted by Crippen LogP contribution is -2.18. The molecule has 0 bridgehead atoms. The number of hydrogen-bond donors (Lipinski definition) is 3. The molecule has 0 unspecified atom stereocenters. The van der Waals surface area contributed by atoms with Gasteiger partial charge in [-0.25, -0.2) is 13.2 Å². The third-order valence-electron chi connectivity index (χ3n) is 8.58. The van der Waals surface area contributed by atoms with Crippen LogP contribution in [0.2, 0.25) is 0 Å². The van der Waals surface area contributed by atoms with Gasteiger partial charge in [-0.2, -0.15) is 0 Å². The highest BCUT2D eigenvalue weighted by atomic mass is 32.2. The molecule has 272 valence electrons. The molecule has 3 aromatic carbocycles. The summed E-state index contributed by atoms with van der Waals surface area (Å²) >= 11 is 0. The number of ketones is 1. The van der Waals surface area contributed by atoms with Gasteiger partial charge in [-0.05, 0) is 61.0 Å². The lowest BCUT2D eigenvalue weighted by atomic mass is 10.0. The fourth-order valence-corrected chi connectivity index (χ4v) is 6.84. The van der Waals surface area contributed by atoms with E-state index in [2.05, 4.69) is 17.0 Å². The number of carboxylic acids is 1. The molecule has 0 radical (unpaired) electrons. The molecule has 9 nitrogen and oxygen atoms in total. The van der Waals surface area contributed by atoms with Crippen molar-refractivity contribution in [3.63, 3.8) is 0 Å². The molecule has 0 aliphatic heterocycles. The maximum atomic E-state index is 13.1. The molecule has 0 atom stereocenters. The molecular formula is C40H54N2O7S. The van der Waals surface area contributed by atoms with Crippen molar-refractivity contribution in [3.8, 4) is 5.75 Å². The summed E-state index contributed by atoms with van der Waals surface area (Å²) in [6.45, 7) is 2.76. The van der Waals surface area contributed by atoms with Crippen molar-refractivity contribution in [1.82, 2.24) is 0 Å². The first-order chi connectivity index (χ1) is 24.2. The third-order valence-corrected chi connectivity index (χ3v) is 9.96. The second-order valence-corrected chi connectivity index (χ2v) is 14.5. The summed E-state index contributed by atoms with van der Waals surface area (Å²) in [6.07, 6.45) is 20.2. The van der Waals surface area contributed by atoms with Gasteiger partial charge >= 0.3 is 5.97 Å². The Morgan fingerprint density at radius 2 is 1.22 bits per heavy atom. The van der Waals surface area contributed by atoms with Crippen LogP contribution in [0.25, 0.3) is 0 Å². The van der Waals surface area contributed by atoms with E-state index in [1.807, 2.05) is 0 Å². The Morgan fingerprint density at radius 3 is 1.80 bits per heavy atom. The second-order valence-electron chi connectivity index (χ2n) is 12.8. The molecule has 0 saturated heterocycles. The zero-order valence-corrected chi connectivity index (χ0v) is 30.3. The van der Waals surface area contributed by atoms with E-state index >= 15 is 0 Å². The minimum atomic E-state index is -4.04. The van der Waals surface area contributed by atoms with E-state index in [0.29, 0.717) is 17.9 Å². The first kappa shape index (κ1) is 40.3. The minimum absolute atomic E-state index is 0.0248. The number of aromatic carboxylic acids is 1. The molecule has 0 aromatic heterocycles. The number of carbonyl (C=O) groups excluding carboxylic acids is 2. The van der Waals surface area contributed by atoms with Gasteiger partial charge in [0.25, 0.3) is 10.0 Å². The average Bonchev–Trinajstić information content (AvgIpc) is 3.10. The number of para-hydroxylation sites is 1. The van der Waals surface area contributed by atoms with Crippen LogP contribution < -0.4 is 14.8 Å². The van der Waals surface area contributed by atoms with E-state index in [9.17, 15) is 22.8 Å². The van der Waals surface area contributed by atoms with Crippen LogP contribution in [-0.2, 0) is 14.8 Å². The summed E-state index contributed by atoms with van der Waals surface area (Å²) in [6, 6.07) is 17.8. The molecule has 0 heterocycles. The minimum Gasteiger partial charge on any atom is -0.493 e. The summed E-state index contributed by atoms with van der Waals surface area (Å²) in [5.74, 6) is -1.67. The van der Waals surface area contributed by atoms with Gasteiger partial charge < -0.3 is 15.2 Å². The zero-order valence-electron chi connectivity index (χ0n) is 29.5. The molecule has 1 amide bonds. The molecule has 0 saturated carbocycles. The Morgan fingerprint density at radius 1 is 0.660 bits per heavy atom. The maximum Gasteiger partial charge on any atom is 0.335 e. The van der Waals surface area contributed by atoms with Gasteiger partial charge in [-0.3, -0.25) is 14.3 Å². The Bertz CT molecular complexity index is 1590. The SMILES string of the molecule is CCCCCCCCCCCCCCCCCCOc1ccccc1C(=O)CC(=O)Nc1cccc(S(=O)(=O)Nc2ccc(C(=O)O)cc2)c1. The fraction of sp³-hybridized carbons (Fsp3) is 0.475. The Labute approximate surface area is 298 Å². The van der Waals surface area contributed by atoms with Crippen molar-refractivity contribution < 1.29 is 32.6 Å². The Kier molecular flexibility index (Phi) is 18.1. The smallest absolute Gasteiger partial charge is 0.335 e. The van der Waals surface area contributed by atoms with Crippen LogP contribution in [0.5, 0.6) is 5.75 Å². The topological polar surface area (TPSA) is 139 Å². The molecule has 3 aromatic rings. The van der Waals surface area contributed by atoms with Crippen molar-refractivity contribution in [2.75, 3.05) is 16.6 Å². The lowest BCUT2D eigenvalue weighted by molar-refractivity contribution is -0.115. The number of unbranched alkanes of at least 4 members (excludes halogenated alkanes) is 15. The van der Waals surface area contributed by atoms with Gasteiger partial charge in [0.15, 0.2) is 5.78 Å². The summed E-state index contributed by atoms with van der Waals surface area (Å²) in [5.41, 5.74) is 0.746. The molecule has 50 heavy (non-hydrogen) atoms. The van der Waals surface area contributed by atoms with Crippen LogP contribution in [0, 0.1) is 0 Å². The first-order valence-corrected chi connectivity index (χ1v) is 19.7. The predicted molar refractivity (Wildman–Crippen MR) is 200 cm³/mol. The van der Waals surface area contributed by atoms with E-state index in [4.69, 9.17) is 9.84 Å². The van der Waals surface area contributed by atoms with E-state index < -0.39 is 34.1 Å². The molecule has 3 rings (SSSR count). The number of benzene rings is 3. The van der Waals surface area contributed by atoms with Crippen LogP contribution in [0.15, 0.2) is 77.7 Å². The van der Waals surface area contributed by atoms with E-state index in [0.717, 1.165) is 12.8 Å². The number of carboxylic acid groups (broad SMARTS) is 1. The second kappa shape index (κ2) is 22.5. The first-order valence-electron chi connectivity index (χ1n) is 18.2. The third kappa shape index (κ3) is 15.2. The van der Waals surface area contributed by atoms with Crippen molar-refractivity contribution >= 4 is 39.1 Å². The van der Waals surface area contributed by atoms with E-state index in [-0.39, 0.29) is 21.8 Å². The molecule has 0 aliphatic rings. The number of nitrogens with one attached hydrogen (secondary N) is 2. The summed E-state index contributed by atoms with van der Waals surface area (Å²) in [7, 11) is -4.04. The van der Waals surface area contributed by atoms with Gasteiger partial charge in [0, 0.05) is 11.4 Å². The van der Waals surface area contributed by atoms with Crippen LogP contribution in [0.1, 0.15) is 137 Å². The zero-order chi connectivity index (χ0) is 36.0. The van der Waals surface area contributed by atoms with E-state index in [1.165, 1.54) is 138 Å². The van der Waals surface area contributed by atoms with Crippen LogP contribution in [-0.4, -0.2) is 37.8 Å². The normalized spacial score (nSPS) is 11.2. The lowest BCUT2D eigenvalue weighted by Gasteiger charge is -2.12. The molecule has 0 fully saturated rings. The molecule has 10 heteroatoms. The highest BCUT2D eigenvalue weighted by Crippen LogP contribution is 2.23. The number of amides is 1. The van der Waals surface area contributed by atoms with Crippen LogP contribution >= 0.6 is 0 Å². The number of rotatable bonds is 26. The Hall–Kier alpha value is -4.18. The highest BCUT2D eigenvalue weighted by molar-refractivity contribution is 7.92. The molecular weight excluding hydrogens is 653 g/mol. The van der Waals surface area contributed by atoms with E-state index in [1.54, 1.807) is 24.3 Å². The number of carbonyl (C=O) groups is 3. The standard InChI is InChI=1S/C40H54N2O7S/c1-2-3-4-5-6-7-8-9-10-11-12-13-14-15-16-19-29-49-38-24-18-17-23-36(38)37(43)31-39(44)41-34-21-20-22-35(30-34)50(47,48)42-33-27-25-32(26-28-33)40(45)46/h17-18,20-28,30,42H,2-16,19,29,31H2,1H3,(H,41,44)(H,45,46). The average molecular weight is 707 g/mol. The van der Waals surface area contributed by atoms with Gasteiger partial charge in [0.1, 0.15) is 5.75 Å². The largest absolute Gasteiger partial charge is 0.493 e. The molecule has 3 N–H and O–H groups in total. The monoisotopic (exact) mass is 706 g/mol. The van der Waals surface area contributed by atoms with Crippen molar-refractivity contribution in [1.29, 1.82) is 0 Å². The summed E-state index contributed by atoms with van der Waals surface area (Å²) < 4.78 is 34.2. The van der Waals surface area contributed by atoms with Crippen molar-refractivity contribution in [3.05, 3.63) is 83.9 Å². The fourth-order valence-electron chi connectivity index (χ4n) is 5.74. The number of hydrogen-bond acceptors (Lipinski definition) is 6. The van der Waals surface area contributed by atoms with Crippen molar-refractivity contribution in [2.24, 2.45) is 0 Å². The van der Waals surface area contributed by atoms with Gasteiger partial charge in [-0.1, -0.05) is 121 Å². The predicted octanol–water partition coefficient (Wildman–Crippen LogP) is 10.0. The van der Waals surface area contributed by atoms with Crippen LogP contribution in [0.3, 0.4) is 0 Å². The highest BCUT2D eigenvalue weighted by Gasteiger charge is 2.19. The number of anilines is 2. The molecule has 0 aliphatic carbocycles.